The molecule has 0 amide bonds. The number of fused-ring (bicyclic) bond motifs is 1. The van der Waals surface area contributed by atoms with Crippen LogP contribution in [-0.2, 0) is 6.61 Å². The van der Waals surface area contributed by atoms with E-state index in [0.29, 0.717) is 17.7 Å². The maximum absolute atomic E-state index is 12.3. The van der Waals surface area contributed by atoms with E-state index in [4.69, 9.17) is 9.15 Å². The van der Waals surface area contributed by atoms with Crippen LogP contribution >= 0.6 is 22.6 Å². The number of halogens is 1. The molecule has 0 radical (unpaired) electrons. The zero-order valence-electron chi connectivity index (χ0n) is 13.0. The average Bonchev–Trinajstić information content (AvgIpc) is 2.57. The number of rotatable bonds is 4. The molecule has 0 N–H and O–H groups in total. The van der Waals surface area contributed by atoms with Crippen molar-refractivity contribution >= 4 is 33.4 Å². The van der Waals surface area contributed by atoms with Crippen LogP contribution in [0.2, 0.25) is 0 Å². The first-order valence-corrected chi connectivity index (χ1v) is 8.57. The van der Waals surface area contributed by atoms with Crippen LogP contribution in [0.25, 0.3) is 10.8 Å². The molecule has 4 heteroatoms. The second kappa shape index (κ2) is 6.74. The molecule has 3 nitrogen and oxygen atoms in total. The molecule has 1 aromatic heterocycles. The Morgan fingerprint density at radius 3 is 2.52 bits per heavy atom. The summed E-state index contributed by atoms with van der Waals surface area (Å²) in [5.74, 6) is 1.58. The van der Waals surface area contributed by atoms with Crippen LogP contribution < -0.4 is 10.4 Å². The van der Waals surface area contributed by atoms with Gasteiger partial charge in [-0.1, -0.05) is 44.2 Å². The Hall–Kier alpha value is -1.82. The Balaban J connectivity index is 1.95. The third-order valence-electron chi connectivity index (χ3n) is 3.64. The summed E-state index contributed by atoms with van der Waals surface area (Å²) in [5.41, 5.74) is 0.777. The van der Waals surface area contributed by atoms with E-state index in [1.165, 1.54) is 0 Å². The predicted molar refractivity (Wildman–Crippen MR) is 100 cm³/mol. The molecule has 0 aliphatic rings. The molecule has 1 heterocycles. The van der Waals surface area contributed by atoms with Crippen LogP contribution in [0.15, 0.2) is 57.7 Å². The Morgan fingerprint density at radius 1 is 1.09 bits per heavy atom. The zero-order chi connectivity index (χ0) is 16.4. The highest BCUT2D eigenvalue weighted by atomic mass is 127. The van der Waals surface area contributed by atoms with Crippen LogP contribution in [0.3, 0.4) is 0 Å². The Kier molecular flexibility index (Phi) is 4.71. The van der Waals surface area contributed by atoms with Crippen molar-refractivity contribution in [3.63, 3.8) is 0 Å². The minimum absolute atomic E-state index is 0.174. The minimum atomic E-state index is -0.311. The van der Waals surface area contributed by atoms with E-state index in [0.717, 1.165) is 20.3 Å². The SMILES string of the molecule is CC(C)c1oc(=O)c2cc(OCc3ccccc3)ccc2c1I. The van der Waals surface area contributed by atoms with Crippen molar-refractivity contribution in [2.75, 3.05) is 0 Å². The van der Waals surface area contributed by atoms with Gasteiger partial charge in [-0.2, -0.15) is 0 Å². The van der Waals surface area contributed by atoms with Gasteiger partial charge in [0.2, 0.25) is 0 Å². The summed E-state index contributed by atoms with van der Waals surface area (Å²) in [6, 6.07) is 15.5. The molecule has 0 aliphatic heterocycles. The van der Waals surface area contributed by atoms with Gasteiger partial charge in [-0.25, -0.2) is 4.79 Å². The predicted octanol–water partition coefficient (Wildman–Crippen LogP) is 5.10. The van der Waals surface area contributed by atoms with Crippen LogP contribution in [0, 0.1) is 3.57 Å². The first-order valence-electron chi connectivity index (χ1n) is 7.49. The molecule has 2 aromatic carbocycles. The summed E-state index contributed by atoms with van der Waals surface area (Å²) in [7, 11) is 0. The largest absolute Gasteiger partial charge is 0.489 e. The van der Waals surface area contributed by atoms with Crippen molar-refractivity contribution in [2.45, 2.75) is 26.4 Å². The second-order valence-electron chi connectivity index (χ2n) is 5.70. The van der Waals surface area contributed by atoms with Gasteiger partial charge >= 0.3 is 5.63 Å². The van der Waals surface area contributed by atoms with Gasteiger partial charge in [0.15, 0.2) is 0 Å². The average molecular weight is 420 g/mol. The van der Waals surface area contributed by atoms with Crippen molar-refractivity contribution in [1.82, 2.24) is 0 Å². The van der Waals surface area contributed by atoms with Gasteiger partial charge in [-0.15, -0.1) is 0 Å². The molecule has 118 valence electrons. The van der Waals surface area contributed by atoms with E-state index in [-0.39, 0.29) is 11.5 Å². The summed E-state index contributed by atoms with van der Waals surface area (Å²) in [4.78, 5) is 12.3. The topological polar surface area (TPSA) is 39.4 Å². The fourth-order valence-corrected chi connectivity index (χ4v) is 3.62. The number of ether oxygens (including phenoxy) is 1. The number of hydrogen-bond donors (Lipinski definition) is 0. The normalized spacial score (nSPS) is 11.1. The summed E-state index contributed by atoms with van der Waals surface area (Å²) in [6.45, 7) is 4.51. The highest BCUT2D eigenvalue weighted by Gasteiger charge is 2.15. The maximum Gasteiger partial charge on any atom is 0.344 e. The van der Waals surface area contributed by atoms with Gasteiger partial charge in [0.1, 0.15) is 18.1 Å². The highest BCUT2D eigenvalue weighted by molar-refractivity contribution is 14.1. The van der Waals surface area contributed by atoms with Crippen LogP contribution in [0.4, 0.5) is 0 Å². The molecule has 3 aromatic rings. The Labute approximate surface area is 148 Å². The first kappa shape index (κ1) is 16.1. The van der Waals surface area contributed by atoms with E-state index in [9.17, 15) is 4.79 Å². The van der Waals surface area contributed by atoms with E-state index in [1.54, 1.807) is 6.07 Å². The molecule has 23 heavy (non-hydrogen) atoms. The van der Waals surface area contributed by atoms with Gasteiger partial charge in [-0.05, 0) is 46.4 Å². The van der Waals surface area contributed by atoms with Gasteiger partial charge in [0.25, 0.3) is 0 Å². The van der Waals surface area contributed by atoms with E-state index < -0.39 is 0 Å². The standard InChI is InChI=1S/C19H17IO3/c1-12(2)18-17(20)15-9-8-14(10-16(15)19(21)23-18)22-11-13-6-4-3-5-7-13/h3-10,12H,11H2,1-2H3. The van der Waals surface area contributed by atoms with Crippen molar-refractivity contribution in [3.8, 4) is 5.75 Å². The molecule has 0 unspecified atom stereocenters. The maximum atomic E-state index is 12.3. The number of benzene rings is 2. The first-order chi connectivity index (χ1) is 11.1. The Bertz CT molecular complexity index is 882. The molecule has 0 bridgehead atoms. The molecule has 0 saturated heterocycles. The van der Waals surface area contributed by atoms with Crippen molar-refractivity contribution in [1.29, 1.82) is 0 Å². The smallest absolute Gasteiger partial charge is 0.344 e. The minimum Gasteiger partial charge on any atom is -0.489 e. The van der Waals surface area contributed by atoms with E-state index in [1.807, 2.05) is 56.3 Å². The quantitative estimate of drug-likeness (QED) is 0.552. The molecule has 0 atom stereocenters. The third kappa shape index (κ3) is 3.42. The van der Waals surface area contributed by atoms with Crippen LogP contribution in [0.1, 0.15) is 31.1 Å². The lowest BCUT2D eigenvalue weighted by molar-refractivity contribution is 0.306. The van der Waals surface area contributed by atoms with Gasteiger partial charge < -0.3 is 9.15 Å². The summed E-state index contributed by atoms with van der Waals surface area (Å²) < 4.78 is 12.3. The van der Waals surface area contributed by atoms with Crippen molar-refractivity contribution in [3.05, 3.63) is 73.8 Å². The van der Waals surface area contributed by atoms with Crippen LogP contribution in [0.5, 0.6) is 5.75 Å². The van der Waals surface area contributed by atoms with Gasteiger partial charge in [0, 0.05) is 11.3 Å². The van der Waals surface area contributed by atoms with Crippen LogP contribution in [-0.4, -0.2) is 0 Å². The summed E-state index contributed by atoms with van der Waals surface area (Å²) in [6.07, 6.45) is 0. The Morgan fingerprint density at radius 2 is 1.83 bits per heavy atom. The molecule has 0 aliphatic carbocycles. The fourth-order valence-electron chi connectivity index (χ4n) is 2.42. The van der Waals surface area contributed by atoms with Gasteiger partial charge in [0.05, 0.1) is 8.96 Å². The lowest BCUT2D eigenvalue weighted by Crippen LogP contribution is -2.06. The molecule has 3 rings (SSSR count). The summed E-state index contributed by atoms with van der Waals surface area (Å²) >= 11 is 2.24. The zero-order valence-corrected chi connectivity index (χ0v) is 15.2. The third-order valence-corrected chi connectivity index (χ3v) is 4.75. The number of hydrogen-bond acceptors (Lipinski definition) is 3. The summed E-state index contributed by atoms with van der Waals surface area (Å²) in [5, 5.41) is 1.47. The fraction of sp³-hybridized carbons (Fsp3) is 0.211. The molecule has 0 spiro atoms. The lowest BCUT2D eigenvalue weighted by atomic mass is 10.1. The van der Waals surface area contributed by atoms with E-state index >= 15 is 0 Å². The van der Waals surface area contributed by atoms with E-state index in [2.05, 4.69) is 22.6 Å². The lowest BCUT2D eigenvalue weighted by Gasteiger charge is -2.11. The second-order valence-corrected chi connectivity index (χ2v) is 6.78. The molecule has 0 saturated carbocycles. The van der Waals surface area contributed by atoms with Crippen molar-refractivity contribution in [2.24, 2.45) is 0 Å². The van der Waals surface area contributed by atoms with Gasteiger partial charge in [-0.3, -0.25) is 0 Å². The monoisotopic (exact) mass is 420 g/mol. The molecule has 0 fully saturated rings. The molecular weight excluding hydrogens is 403 g/mol. The van der Waals surface area contributed by atoms with Crippen molar-refractivity contribution < 1.29 is 9.15 Å². The molecular formula is C19H17IO3. The highest BCUT2D eigenvalue weighted by Crippen LogP contribution is 2.29.